The Morgan fingerprint density at radius 2 is 2.21 bits per heavy atom. The van der Waals surface area contributed by atoms with Crippen molar-refractivity contribution < 1.29 is 4.79 Å². The van der Waals surface area contributed by atoms with Crippen molar-refractivity contribution in [3.8, 4) is 0 Å². The van der Waals surface area contributed by atoms with Crippen LogP contribution in [0.5, 0.6) is 0 Å². The van der Waals surface area contributed by atoms with Gasteiger partial charge in [-0.1, -0.05) is 11.3 Å². The van der Waals surface area contributed by atoms with Crippen molar-refractivity contribution in [3.63, 3.8) is 0 Å². The van der Waals surface area contributed by atoms with E-state index < -0.39 is 0 Å². The lowest BCUT2D eigenvalue weighted by Crippen LogP contribution is -2.39. The standard InChI is InChI=1S/C11H19N5OS2/c1-13-11-15-9(12)8(19-11)10(17)14-2-3-16-4-6-18-7-5-16/h2-7,12H2,1H3,(H,13,15)(H,14,17). The Morgan fingerprint density at radius 3 is 2.84 bits per heavy atom. The summed E-state index contributed by atoms with van der Waals surface area (Å²) >= 11 is 3.26. The van der Waals surface area contributed by atoms with Crippen LogP contribution in [0.2, 0.25) is 0 Å². The quantitative estimate of drug-likeness (QED) is 0.736. The molecule has 0 saturated carbocycles. The summed E-state index contributed by atoms with van der Waals surface area (Å²) in [6.45, 7) is 3.75. The third-order valence-corrected chi connectivity index (χ3v) is 4.92. The van der Waals surface area contributed by atoms with Crippen molar-refractivity contribution in [2.45, 2.75) is 0 Å². The van der Waals surface area contributed by atoms with Gasteiger partial charge in [0.2, 0.25) is 0 Å². The third kappa shape index (κ3) is 3.99. The zero-order chi connectivity index (χ0) is 13.7. The number of anilines is 2. The lowest BCUT2D eigenvalue weighted by atomic mass is 10.4. The molecule has 1 aliphatic rings. The van der Waals surface area contributed by atoms with Gasteiger partial charge in [-0.15, -0.1) is 0 Å². The maximum Gasteiger partial charge on any atom is 0.265 e. The first-order valence-electron chi connectivity index (χ1n) is 6.23. The van der Waals surface area contributed by atoms with E-state index in [1.807, 2.05) is 11.8 Å². The summed E-state index contributed by atoms with van der Waals surface area (Å²) in [6, 6.07) is 0. The van der Waals surface area contributed by atoms with Crippen molar-refractivity contribution in [2.24, 2.45) is 0 Å². The largest absolute Gasteiger partial charge is 0.382 e. The van der Waals surface area contributed by atoms with E-state index in [1.165, 1.54) is 22.8 Å². The van der Waals surface area contributed by atoms with Gasteiger partial charge in [0.1, 0.15) is 10.7 Å². The number of nitrogens with zero attached hydrogens (tertiary/aromatic N) is 2. The highest BCUT2D eigenvalue weighted by molar-refractivity contribution is 7.99. The Hall–Kier alpha value is -0.990. The molecule has 0 bridgehead atoms. The van der Waals surface area contributed by atoms with Crippen LogP contribution in [0.15, 0.2) is 0 Å². The van der Waals surface area contributed by atoms with Crippen LogP contribution in [0.1, 0.15) is 9.67 Å². The summed E-state index contributed by atoms with van der Waals surface area (Å²) in [7, 11) is 1.76. The van der Waals surface area contributed by atoms with Crippen LogP contribution in [0.3, 0.4) is 0 Å². The van der Waals surface area contributed by atoms with Gasteiger partial charge in [0.05, 0.1) is 0 Å². The van der Waals surface area contributed by atoms with E-state index in [2.05, 4.69) is 20.5 Å². The molecule has 0 unspecified atom stereocenters. The monoisotopic (exact) mass is 301 g/mol. The molecule has 2 rings (SSSR count). The van der Waals surface area contributed by atoms with Crippen LogP contribution >= 0.6 is 23.1 Å². The van der Waals surface area contributed by atoms with Gasteiger partial charge in [0.15, 0.2) is 5.13 Å². The fourth-order valence-corrected chi connectivity index (χ4v) is 3.57. The molecule has 1 aromatic rings. The van der Waals surface area contributed by atoms with Gasteiger partial charge < -0.3 is 16.4 Å². The topological polar surface area (TPSA) is 83.3 Å². The van der Waals surface area contributed by atoms with Crippen molar-refractivity contribution in [1.82, 2.24) is 15.2 Å². The minimum Gasteiger partial charge on any atom is -0.382 e. The second-order valence-electron chi connectivity index (χ2n) is 4.19. The number of carbonyl (C=O) groups excluding carboxylic acids is 1. The van der Waals surface area contributed by atoms with Crippen LogP contribution in [-0.4, -0.2) is 60.5 Å². The molecule has 0 aliphatic carbocycles. The molecular weight excluding hydrogens is 282 g/mol. The van der Waals surface area contributed by atoms with E-state index in [9.17, 15) is 4.79 Å². The van der Waals surface area contributed by atoms with Gasteiger partial charge in [-0.2, -0.15) is 11.8 Å². The fraction of sp³-hybridized carbons (Fsp3) is 0.636. The van der Waals surface area contributed by atoms with Gasteiger partial charge in [0.25, 0.3) is 5.91 Å². The van der Waals surface area contributed by atoms with E-state index >= 15 is 0 Å². The first kappa shape index (κ1) is 14.4. The lowest BCUT2D eigenvalue weighted by Gasteiger charge is -2.25. The van der Waals surface area contributed by atoms with Gasteiger partial charge in [0, 0.05) is 44.7 Å². The van der Waals surface area contributed by atoms with Gasteiger partial charge in [-0.3, -0.25) is 9.69 Å². The molecule has 8 heteroatoms. The van der Waals surface area contributed by atoms with E-state index in [4.69, 9.17) is 5.73 Å². The number of hydrogen-bond acceptors (Lipinski definition) is 7. The first-order chi connectivity index (χ1) is 9.20. The number of hydrogen-bond donors (Lipinski definition) is 3. The van der Waals surface area contributed by atoms with Crippen molar-refractivity contribution >= 4 is 40.0 Å². The van der Waals surface area contributed by atoms with Crippen LogP contribution in [0.25, 0.3) is 0 Å². The Labute approximate surface area is 121 Å². The highest BCUT2D eigenvalue weighted by atomic mass is 32.2. The van der Waals surface area contributed by atoms with Crippen molar-refractivity contribution in [2.75, 3.05) is 55.8 Å². The molecule has 6 nitrogen and oxygen atoms in total. The predicted octanol–water partition coefficient (Wildman–Crippen LogP) is 0.546. The predicted molar refractivity (Wildman–Crippen MR) is 82.2 cm³/mol. The zero-order valence-electron chi connectivity index (χ0n) is 10.9. The number of thioether (sulfide) groups is 1. The molecule has 0 radical (unpaired) electrons. The summed E-state index contributed by atoms with van der Waals surface area (Å²) in [6.07, 6.45) is 0. The second kappa shape index (κ2) is 6.97. The number of aromatic nitrogens is 1. The van der Waals surface area contributed by atoms with Crippen LogP contribution in [0.4, 0.5) is 10.9 Å². The minimum absolute atomic E-state index is 0.136. The van der Waals surface area contributed by atoms with Crippen molar-refractivity contribution in [3.05, 3.63) is 4.88 Å². The Morgan fingerprint density at radius 1 is 1.47 bits per heavy atom. The van der Waals surface area contributed by atoms with E-state index in [1.54, 1.807) is 7.05 Å². The van der Waals surface area contributed by atoms with Gasteiger partial charge in [-0.05, 0) is 0 Å². The number of amides is 1. The molecule has 1 amide bonds. The molecule has 1 saturated heterocycles. The van der Waals surface area contributed by atoms with Crippen LogP contribution in [-0.2, 0) is 0 Å². The number of carbonyl (C=O) groups is 1. The Balaban J connectivity index is 1.78. The van der Waals surface area contributed by atoms with E-state index in [-0.39, 0.29) is 5.91 Å². The molecule has 19 heavy (non-hydrogen) atoms. The minimum atomic E-state index is -0.136. The fourth-order valence-electron chi connectivity index (χ4n) is 1.83. The normalized spacial score (nSPS) is 16.3. The number of nitrogens with two attached hydrogens (primary N) is 1. The SMILES string of the molecule is CNc1nc(N)c(C(=O)NCCN2CCSCC2)s1. The summed E-state index contributed by atoms with van der Waals surface area (Å²) in [4.78, 5) is 18.9. The number of rotatable bonds is 5. The van der Waals surface area contributed by atoms with Crippen LogP contribution in [0, 0.1) is 0 Å². The maximum atomic E-state index is 12.0. The summed E-state index contributed by atoms with van der Waals surface area (Å²) in [5.74, 6) is 2.52. The molecule has 1 aromatic heterocycles. The molecular formula is C11H19N5OS2. The summed E-state index contributed by atoms with van der Waals surface area (Å²) in [5, 5.41) is 6.45. The summed E-state index contributed by atoms with van der Waals surface area (Å²) in [5.41, 5.74) is 5.72. The zero-order valence-corrected chi connectivity index (χ0v) is 12.6. The lowest BCUT2D eigenvalue weighted by molar-refractivity contribution is 0.0953. The van der Waals surface area contributed by atoms with Gasteiger partial charge >= 0.3 is 0 Å². The molecule has 2 heterocycles. The number of nitrogen functional groups attached to an aromatic ring is 1. The molecule has 0 spiro atoms. The smallest absolute Gasteiger partial charge is 0.265 e. The molecule has 0 aromatic carbocycles. The molecule has 0 atom stereocenters. The highest BCUT2D eigenvalue weighted by Gasteiger charge is 2.16. The number of nitrogens with one attached hydrogen (secondary N) is 2. The van der Waals surface area contributed by atoms with E-state index in [0.717, 1.165) is 19.6 Å². The molecule has 1 fully saturated rings. The Kier molecular flexibility index (Phi) is 5.29. The van der Waals surface area contributed by atoms with E-state index in [0.29, 0.717) is 22.4 Å². The molecule has 106 valence electrons. The highest BCUT2D eigenvalue weighted by Crippen LogP contribution is 2.24. The molecule has 4 N–H and O–H groups in total. The van der Waals surface area contributed by atoms with Crippen molar-refractivity contribution in [1.29, 1.82) is 0 Å². The first-order valence-corrected chi connectivity index (χ1v) is 8.20. The Bertz CT molecular complexity index is 431. The second-order valence-corrected chi connectivity index (χ2v) is 6.42. The average Bonchev–Trinajstić information content (AvgIpc) is 2.81. The van der Waals surface area contributed by atoms with Crippen LogP contribution < -0.4 is 16.4 Å². The average molecular weight is 301 g/mol. The maximum absolute atomic E-state index is 12.0. The molecule has 1 aliphatic heterocycles. The third-order valence-electron chi connectivity index (χ3n) is 2.89. The number of thiazole rings is 1. The summed E-state index contributed by atoms with van der Waals surface area (Å²) < 4.78 is 0. The van der Waals surface area contributed by atoms with Gasteiger partial charge in [-0.25, -0.2) is 4.98 Å².